The first-order chi connectivity index (χ1) is 4.64. The second-order valence-electron chi connectivity index (χ2n) is 3.30. The Kier molecular flexibility index (Phi) is 2.64. The number of thioether (sulfide) groups is 1. The molecule has 1 aliphatic heterocycles. The predicted octanol–water partition coefficient (Wildman–Crippen LogP) is 2.51. The van der Waals surface area contributed by atoms with Gasteiger partial charge >= 0.3 is 0 Å². The van der Waals surface area contributed by atoms with E-state index in [-0.39, 0.29) is 4.93 Å². The van der Waals surface area contributed by atoms with E-state index in [1.165, 1.54) is 12.2 Å². The van der Waals surface area contributed by atoms with Crippen molar-refractivity contribution in [3.8, 4) is 0 Å². The quantitative estimate of drug-likeness (QED) is 0.583. The van der Waals surface area contributed by atoms with Crippen LogP contribution in [0.15, 0.2) is 0 Å². The largest absolute Gasteiger partial charge is 0.365 e. The smallest absolute Gasteiger partial charge is 0.108 e. The molecule has 1 saturated heterocycles. The lowest BCUT2D eigenvalue weighted by atomic mass is 10.1. The van der Waals surface area contributed by atoms with Crippen molar-refractivity contribution in [1.82, 2.24) is 0 Å². The van der Waals surface area contributed by atoms with E-state index in [0.29, 0.717) is 0 Å². The van der Waals surface area contributed by atoms with Gasteiger partial charge in [0.2, 0.25) is 0 Å². The molecule has 0 aromatic rings. The Hall–Kier alpha value is 0.310. The van der Waals surface area contributed by atoms with Gasteiger partial charge in [0.05, 0.1) is 6.61 Å². The zero-order valence-corrected chi connectivity index (χ0v) is 7.83. The summed E-state index contributed by atoms with van der Waals surface area (Å²) >= 11 is 1.93. The summed E-state index contributed by atoms with van der Waals surface area (Å²) in [6, 6.07) is 0. The molecule has 0 spiro atoms. The number of hydrogen-bond acceptors (Lipinski definition) is 2. The van der Waals surface area contributed by atoms with Crippen LogP contribution >= 0.6 is 11.8 Å². The molecular formula is C8H16OS. The fourth-order valence-electron chi connectivity index (χ4n) is 0.963. The van der Waals surface area contributed by atoms with E-state index in [1.807, 2.05) is 11.8 Å². The molecule has 1 rings (SSSR count). The van der Waals surface area contributed by atoms with Gasteiger partial charge in [-0.15, -0.1) is 11.8 Å². The van der Waals surface area contributed by atoms with Crippen LogP contribution in [0.2, 0.25) is 0 Å². The molecule has 2 heteroatoms. The predicted molar refractivity (Wildman–Crippen MR) is 46.3 cm³/mol. The summed E-state index contributed by atoms with van der Waals surface area (Å²) in [4.78, 5) is 0.0751. The first-order valence-corrected chi connectivity index (χ1v) is 4.90. The van der Waals surface area contributed by atoms with E-state index in [1.54, 1.807) is 0 Å². The molecule has 1 unspecified atom stereocenters. The van der Waals surface area contributed by atoms with Gasteiger partial charge in [0.1, 0.15) is 4.93 Å². The molecule has 0 saturated carbocycles. The van der Waals surface area contributed by atoms with Gasteiger partial charge in [-0.3, -0.25) is 0 Å². The minimum absolute atomic E-state index is 0.0751. The van der Waals surface area contributed by atoms with Gasteiger partial charge in [-0.05, 0) is 19.8 Å². The van der Waals surface area contributed by atoms with Gasteiger partial charge < -0.3 is 4.74 Å². The fraction of sp³-hybridized carbons (Fsp3) is 1.00. The molecule has 0 aromatic carbocycles. The highest BCUT2D eigenvalue weighted by molar-refractivity contribution is 8.00. The Morgan fingerprint density at radius 3 is 2.70 bits per heavy atom. The van der Waals surface area contributed by atoms with E-state index in [9.17, 15) is 0 Å². The molecule has 1 nitrogen and oxygen atoms in total. The van der Waals surface area contributed by atoms with Gasteiger partial charge in [-0.2, -0.15) is 0 Å². The third kappa shape index (κ3) is 2.17. The van der Waals surface area contributed by atoms with E-state index in [4.69, 9.17) is 4.74 Å². The van der Waals surface area contributed by atoms with Crippen molar-refractivity contribution in [3.63, 3.8) is 0 Å². The lowest BCUT2D eigenvalue weighted by molar-refractivity contribution is 0.0216. The summed E-state index contributed by atoms with van der Waals surface area (Å²) in [6.07, 6.45) is 1.25. The first kappa shape index (κ1) is 8.41. The monoisotopic (exact) mass is 160 g/mol. The van der Waals surface area contributed by atoms with Crippen LogP contribution in [0, 0.1) is 5.92 Å². The average Bonchev–Trinajstić information content (AvgIpc) is 1.88. The minimum atomic E-state index is 0.0751. The first-order valence-electron chi connectivity index (χ1n) is 3.92. The highest BCUT2D eigenvalue weighted by Gasteiger charge is 2.26. The van der Waals surface area contributed by atoms with Crippen molar-refractivity contribution < 1.29 is 4.74 Å². The molecule has 0 amide bonds. The topological polar surface area (TPSA) is 9.23 Å². The van der Waals surface area contributed by atoms with E-state index in [2.05, 4.69) is 20.8 Å². The second-order valence-corrected chi connectivity index (χ2v) is 4.90. The molecule has 60 valence electrons. The Labute approximate surface area is 67.5 Å². The Morgan fingerprint density at radius 1 is 1.60 bits per heavy atom. The summed E-state index contributed by atoms with van der Waals surface area (Å²) in [5.74, 6) is 2.06. The molecule has 10 heavy (non-hydrogen) atoms. The molecule has 0 aromatic heterocycles. The maximum absolute atomic E-state index is 5.63. The van der Waals surface area contributed by atoms with Crippen LogP contribution in [0.25, 0.3) is 0 Å². The lowest BCUT2D eigenvalue weighted by Gasteiger charge is -2.33. The Bertz CT molecular complexity index is 102. The van der Waals surface area contributed by atoms with Gasteiger partial charge in [-0.1, -0.05) is 13.3 Å². The molecule has 1 aliphatic rings. The molecule has 0 N–H and O–H groups in total. The van der Waals surface area contributed by atoms with Crippen LogP contribution in [0.5, 0.6) is 0 Å². The third-order valence-corrected chi connectivity index (χ3v) is 3.36. The summed E-state index contributed by atoms with van der Waals surface area (Å²) in [7, 11) is 0. The minimum Gasteiger partial charge on any atom is -0.365 e. The molecular weight excluding hydrogens is 144 g/mol. The highest BCUT2D eigenvalue weighted by atomic mass is 32.2. The molecule has 1 fully saturated rings. The van der Waals surface area contributed by atoms with E-state index >= 15 is 0 Å². The summed E-state index contributed by atoms with van der Waals surface area (Å²) < 4.78 is 5.63. The molecule has 0 bridgehead atoms. The van der Waals surface area contributed by atoms with Crippen molar-refractivity contribution in [1.29, 1.82) is 0 Å². The average molecular weight is 160 g/mol. The number of hydrogen-bond donors (Lipinski definition) is 0. The summed E-state index contributed by atoms with van der Waals surface area (Å²) in [6.45, 7) is 7.47. The van der Waals surface area contributed by atoms with Crippen LogP contribution in [-0.2, 0) is 4.74 Å². The third-order valence-electron chi connectivity index (χ3n) is 1.91. The summed E-state index contributed by atoms with van der Waals surface area (Å²) in [5.41, 5.74) is 0. The van der Waals surface area contributed by atoms with Crippen molar-refractivity contribution in [2.45, 2.75) is 32.1 Å². The van der Waals surface area contributed by atoms with E-state index < -0.39 is 0 Å². The zero-order chi connectivity index (χ0) is 7.61. The fourth-order valence-corrected chi connectivity index (χ4v) is 2.08. The van der Waals surface area contributed by atoms with Gasteiger partial charge in [0.25, 0.3) is 0 Å². The van der Waals surface area contributed by atoms with Gasteiger partial charge in [0, 0.05) is 5.75 Å². The van der Waals surface area contributed by atoms with Crippen molar-refractivity contribution in [2.75, 3.05) is 12.4 Å². The molecule has 0 aliphatic carbocycles. The normalized spacial score (nSPS) is 32.1. The van der Waals surface area contributed by atoms with Crippen LogP contribution < -0.4 is 0 Å². The lowest BCUT2D eigenvalue weighted by Crippen LogP contribution is -2.31. The SMILES string of the molecule is CCC1COC(C)(C)SC1. The Balaban J connectivity index is 2.31. The van der Waals surface area contributed by atoms with Crippen molar-refractivity contribution in [2.24, 2.45) is 5.92 Å². The van der Waals surface area contributed by atoms with Crippen LogP contribution in [-0.4, -0.2) is 17.3 Å². The van der Waals surface area contributed by atoms with Gasteiger partial charge in [-0.25, -0.2) is 0 Å². The molecule has 1 atom stereocenters. The van der Waals surface area contributed by atoms with Crippen LogP contribution in [0.4, 0.5) is 0 Å². The zero-order valence-electron chi connectivity index (χ0n) is 7.02. The van der Waals surface area contributed by atoms with Crippen molar-refractivity contribution >= 4 is 11.8 Å². The van der Waals surface area contributed by atoms with Crippen LogP contribution in [0.1, 0.15) is 27.2 Å². The maximum Gasteiger partial charge on any atom is 0.108 e. The van der Waals surface area contributed by atoms with Crippen molar-refractivity contribution in [3.05, 3.63) is 0 Å². The number of rotatable bonds is 1. The van der Waals surface area contributed by atoms with Crippen LogP contribution in [0.3, 0.4) is 0 Å². The summed E-state index contributed by atoms with van der Waals surface area (Å²) in [5, 5.41) is 0. The second kappa shape index (κ2) is 3.14. The Morgan fingerprint density at radius 2 is 2.30 bits per heavy atom. The van der Waals surface area contributed by atoms with E-state index in [0.717, 1.165) is 12.5 Å². The van der Waals surface area contributed by atoms with Gasteiger partial charge in [0.15, 0.2) is 0 Å². The maximum atomic E-state index is 5.63. The molecule has 1 heterocycles. The highest BCUT2D eigenvalue weighted by Crippen LogP contribution is 2.33. The molecule has 0 radical (unpaired) electrons. The standard InChI is InChI=1S/C8H16OS/c1-4-7-5-9-8(2,3)10-6-7/h7H,4-6H2,1-3H3. The number of ether oxygens (including phenoxy) is 1.